The summed E-state index contributed by atoms with van der Waals surface area (Å²) in [7, 11) is 0. The molecule has 1 aromatic rings. The number of nitrogens with one attached hydrogen (secondary N) is 3. The minimum atomic E-state index is -0.688. The zero-order valence-electron chi connectivity index (χ0n) is 18.6. The van der Waals surface area contributed by atoms with E-state index in [1.54, 1.807) is 18.2 Å². The van der Waals surface area contributed by atoms with E-state index in [1.807, 2.05) is 0 Å². The number of anilines is 1. The van der Waals surface area contributed by atoms with E-state index in [9.17, 15) is 19.2 Å². The largest absolute Gasteiger partial charge is 0.379 e. The summed E-state index contributed by atoms with van der Waals surface area (Å²) >= 11 is 0. The number of hydrogen-bond donors (Lipinski definition) is 3. The first-order chi connectivity index (χ1) is 16.0. The Labute approximate surface area is 192 Å². The molecule has 1 atom stereocenters. The molecule has 2 fully saturated rings. The second kappa shape index (κ2) is 10.9. The van der Waals surface area contributed by atoms with Crippen molar-refractivity contribution in [2.24, 2.45) is 0 Å². The van der Waals surface area contributed by atoms with Crippen LogP contribution in [0.5, 0.6) is 0 Å². The Morgan fingerprint density at radius 3 is 2.70 bits per heavy atom. The molecule has 1 aromatic carbocycles. The van der Waals surface area contributed by atoms with Gasteiger partial charge in [-0.25, -0.2) is 0 Å². The van der Waals surface area contributed by atoms with Gasteiger partial charge in [-0.05, 0) is 44.5 Å². The van der Waals surface area contributed by atoms with Crippen molar-refractivity contribution in [3.05, 3.63) is 29.3 Å². The van der Waals surface area contributed by atoms with Gasteiger partial charge in [-0.2, -0.15) is 0 Å². The SMILES string of the molecule is O=C1CCC(N2Cc3c(NC(=O)CCOCCOC4CCNCC4)cccc3C2=O)C(=O)N1. The molecule has 10 heteroatoms. The van der Waals surface area contributed by atoms with Crippen molar-refractivity contribution in [2.45, 2.75) is 50.8 Å². The van der Waals surface area contributed by atoms with E-state index in [-0.39, 0.29) is 49.8 Å². The molecule has 178 valence electrons. The van der Waals surface area contributed by atoms with E-state index < -0.39 is 11.9 Å². The fourth-order valence-corrected chi connectivity index (χ4v) is 4.42. The van der Waals surface area contributed by atoms with Crippen molar-refractivity contribution >= 4 is 29.3 Å². The molecule has 0 bridgehead atoms. The fraction of sp³-hybridized carbons (Fsp3) is 0.565. The summed E-state index contributed by atoms with van der Waals surface area (Å²) in [6.45, 7) is 3.39. The molecule has 3 N–H and O–H groups in total. The van der Waals surface area contributed by atoms with Crippen LogP contribution in [-0.2, 0) is 30.4 Å². The van der Waals surface area contributed by atoms with Crippen LogP contribution in [0.15, 0.2) is 18.2 Å². The molecule has 0 radical (unpaired) electrons. The van der Waals surface area contributed by atoms with Gasteiger partial charge >= 0.3 is 0 Å². The number of amides is 4. The van der Waals surface area contributed by atoms with Crippen molar-refractivity contribution in [1.82, 2.24) is 15.5 Å². The summed E-state index contributed by atoms with van der Waals surface area (Å²) in [6.07, 6.45) is 2.97. The zero-order chi connectivity index (χ0) is 23.2. The van der Waals surface area contributed by atoms with Gasteiger partial charge in [-0.1, -0.05) is 6.07 Å². The van der Waals surface area contributed by atoms with Gasteiger partial charge in [-0.15, -0.1) is 0 Å². The van der Waals surface area contributed by atoms with Crippen molar-refractivity contribution in [3.63, 3.8) is 0 Å². The van der Waals surface area contributed by atoms with Crippen molar-refractivity contribution in [3.8, 4) is 0 Å². The van der Waals surface area contributed by atoms with Crippen LogP contribution in [0.4, 0.5) is 5.69 Å². The van der Waals surface area contributed by atoms with E-state index in [4.69, 9.17) is 9.47 Å². The third-order valence-electron chi connectivity index (χ3n) is 6.20. The highest BCUT2D eigenvalue weighted by Crippen LogP contribution is 2.32. The van der Waals surface area contributed by atoms with Crippen molar-refractivity contribution < 1.29 is 28.7 Å². The second-order valence-electron chi connectivity index (χ2n) is 8.46. The molecule has 3 aliphatic heterocycles. The Morgan fingerprint density at radius 1 is 1.09 bits per heavy atom. The van der Waals surface area contributed by atoms with Gasteiger partial charge in [0.15, 0.2) is 0 Å². The Bertz CT molecular complexity index is 914. The summed E-state index contributed by atoms with van der Waals surface area (Å²) < 4.78 is 11.3. The van der Waals surface area contributed by atoms with Gasteiger partial charge in [0.25, 0.3) is 5.91 Å². The third kappa shape index (κ3) is 5.76. The highest BCUT2D eigenvalue weighted by molar-refractivity contribution is 6.06. The first kappa shape index (κ1) is 23.3. The molecule has 3 heterocycles. The number of imide groups is 1. The second-order valence-corrected chi connectivity index (χ2v) is 8.46. The van der Waals surface area contributed by atoms with Crippen LogP contribution in [0.1, 0.15) is 48.0 Å². The van der Waals surface area contributed by atoms with Crippen LogP contribution >= 0.6 is 0 Å². The van der Waals surface area contributed by atoms with E-state index in [0.717, 1.165) is 25.9 Å². The van der Waals surface area contributed by atoms with Gasteiger partial charge in [0.05, 0.1) is 32.3 Å². The van der Waals surface area contributed by atoms with Gasteiger partial charge in [0.1, 0.15) is 6.04 Å². The number of carbonyl (C=O) groups excluding carboxylic acids is 4. The molecule has 2 saturated heterocycles. The van der Waals surface area contributed by atoms with Crippen LogP contribution in [0.3, 0.4) is 0 Å². The molecule has 4 amide bonds. The lowest BCUT2D eigenvalue weighted by molar-refractivity contribution is -0.137. The molecule has 0 saturated carbocycles. The maximum absolute atomic E-state index is 12.9. The minimum absolute atomic E-state index is 0.182. The lowest BCUT2D eigenvalue weighted by atomic mass is 10.0. The van der Waals surface area contributed by atoms with E-state index >= 15 is 0 Å². The number of fused-ring (bicyclic) bond motifs is 1. The van der Waals surface area contributed by atoms with Crippen molar-refractivity contribution in [2.75, 3.05) is 38.2 Å². The highest BCUT2D eigenvalue weighted by atomic mass is 16.5. The van der Waals surface area contributed by atoms with Gasteiger partial charge in [0.2, 0.25) is 17.7 Å². The highest BCUT2D eigenvalue weighted by Gasteiger charge is 2.39. The van der Waals surface area contributed by atoms with E-state index in [1.165, 1.54) is 4.90 Å². The summed E-state index contributed by atoms with van der Waals surface area (Å²) in [5.41, 5.74) is 1.69. The Balaban J connectivity index is 1.24. The first-order valence-corrected chi connectivity index (χ1v) is 11.5. The average Bonchev–Trinajstić information content (AvgIpc) is 3.14. The van der Waals surface area contributed by atoms with Gasteiger partial charge in [-0.3, -0.25) is 24.5 Å². The fourth-order valence-electron chi connectivity index (χ4n) is 4.42. The Morgan fingerprint density at radius 2 is 1.91 bits per heavy atom. The lowest BCUT2D eigenvalue weighted by Crippen LogP contribution is -2.52. The summed E-state index contributed by atoms with van der Waals surface area (Å²) in [6, 6.07) is 4.44. The van der Waals surface area contributed by atoms with Gasteiger partial charge in [0, 0.05) is 29.8 Å². The predicted octanol–water partition coefficient (Wildman–Crippen LogP) is 0.561. The van der Waals surface area contributed by atoms with E-state index in [0.29, 0.717) is 36.4 Å². The number of ether oxygens (including phenoxy) is 2. The number of benzene rings is 1. The summed E-state index contributed by atoms with van der Waals surface area (Å²) in [4.78, 5) is 50.4. The summed E-state index contributed by atoms with van der Waals surface area (Å²) in [5.74, 6) is -1.27. The molecular formula is C23H30N4O6. The summed E-state index contributed by atoms with van der Waals surface area (Å²) in [5, 5.41) is 8.44. The predicted molar refractivity (Wildman–Crippen MR) is 118 cm³/mol. The maximum atomic E-state index is 12.9. The quantitative estimate of drug-likeness (QED) is 0.365. The van der Waals surface area contributed by atoms with Crippen LogP contribution < -0.4 is 16.0 Å². The standard InChI is InChI=1S/C23H30N4O6/c28-20-5-4-19(22(30)26-20)27-14-17-16(23(27)31)2-1-3-18(17)25-21(29)8-11-32-12-13-33-15-6-9-24-10-7-15/h1-3,15,19,24H,4-14H2,(H,25,29)(H,26,28,30). The molecule has 4 rings (SSSR count). The van der Waals surface area contributed by atoms with Gasteiger partial charge < -0.3 is 25.0 Å². The molecule has 1 unspecified atom stereocenters. The zero-order valence-corrected chi connectivity index (χ0v) is 18.6. The smallest absolute Gasteiger partial charge is 0.255 e. The normalized spacial score (nSPS) is 21.2. The average molecular weight is 459 g/mol. The van der Waals surface area contributed by atoms with Crippen molar-refractivity contribution in [1.29, 1.82) is 0 Å². The maximum Gasteiger partial charge on any atom is 0.255 e. The molecule has 0 aromatic heterocycles. The number of nitrogens with zero attached hydrogens (tertiary/aromatic N) is 1. The van der Waals surface area contributed by atoms with Crippen LogP contribution in [0, 0.1) is 0 Å². The number of rotatable bonds is 9. The topological polar surface area (TPSA) is 126 Å². The molecular weight excluding hydrogens is 428 g/mol. The molecule has 3 aliphatic rings. The van der Waals surface area contributed by atoms with Crippen LogP contribution in [0.2, 0.25) is 0 Å². The van der Waals surface area contributed by atoms with Crippen LogP contribution in [-0.4, -0.2) is 73.6 Å². The number of hydrogen-bond acceptors (Lipinski definition) is 7. The van der Waals surface area contributed by atoms with E-state index in [2.05, 4.69) is 16.0 Å². The Kier molecular flexibility index (Phi) is 7.69. The molecule has 10 nitrogen and oxygen atoms in total. The van der Waals surface area contributed by atoms with Crippen LogP contribution in [0.25, 0.3) is 0 Å². The number of carbonyl (C=O) groups is 4. The number of piperidine rings is 2. The monoisotopic (exact) mass is 458 g/mol. The Hall–Kier alpha value is -2.82. The molecule has 33 heavy (non-hydrogen) atoms. The minimum Gasteiger partial charge on any atom is -0.379 e. The lowest BCUT2D eigenvalue weighted by Gasteiger charge is -2.29. The molecule has 0 spiro atoms. The first-order valence-electron chi connectivity index (χ1n) is 11.5. The molecule has 0 aliphatic carbocycles. The third-order valence-corrected chi connectivity index (χ3v) is 6.20.